The van der Waals surface area contributed by atoms with E-state index >= 15 is 0 Å². The quantitative estimate of drug-likeness (QED) is 0.212. The van der Waals surface area contributed by atoms with Crippen molar-refractivity contribution in [3.8, 4) is 28.0 Å². The normalized spacial score (nSPS) is 13.8. The molecule has 0 saturated carbocycles. The zero-order valence-corrected chi connectivity index (χ0v) is 19.5. The van der Waals surface area contributed by atoms with Gasteiger partial charge in [-0.3, -0.25) is 0 Å². The molecule has 1 heterocycles. The number of aryl methyl sites for hydroxylation is 1. The third-order valence-electron chi connectivity index (χ3n) is 6.51. The van der Waals surface area contributed by atoms with Crippen LogP contribution in [0.2, 0.25) is 0 Å². The van der Waals surface area contributed by atoms with Crippen molar-refractivity contribution in [1.29, 1.82) is 0 Å². The number of halogens is 4. The van der Waals surface area contributed by atoms with Gasteiger partial charge in [-0.05, 0) is 53.3 Å². The van der Waals surface area contributed by atoms with Crippen LogP contribution in [0.3, 0.4) is 0 Å². The third kappa shape index (κ3) is 5.29. The molecule has 0 spiro atoms. The van der Waals surface area contributed by atoms with Crippen LogP contribution in [-0.4, -0.2) is 0 Å². The van der Waals surface area contributed by atoms with Gasteiger partial charge in [-0.2, -0.15) is 13.2 Å². The maximum atomic E-state index is 14.7. The summed E-state index contributed by atoms with van der Waals surface area (Å²) < 4.78 is 61.7. The number of hydrogen-bond acceptors (Lipinski definition) is 1. The van der Waals surface area contributed by atoms with E-state index in [9.17, 15) is 17.6 Å². The number of unbranched alkanes of at least 4 members (excludes halogenated alkanes) is 7. The largest absolute Gasteiger partial charge is 0.427 e. The smallest absolute Gasteiger partial charge is 0.425 e. The lowest BCUT2D eigenvalue weighted by molar-refractivity contribution is -0.188. The molecule has 0 atom stereocenters. The van der Waals surface area contributed by atoms with Gasteiger partial charge in [0.05, 0.1) is 5.56 Å². The molecule has 0 fully saturated rings. The van der Waals surface area contributed by atoms with Crippen LogP contribution in [0.15, 0.2) is 54.6 Å². The van der Waals surface area contributed by atoms with Crippen LogP contribution in [0.25, 0.3) is 22.3 Å². The fraction of sp³-hybridized carbons (Fsp3) is 0.379. The molecule has 5 heteroatoms. The molecule has 0 aliphatic carbocycles. The van der Waals surface area contributed by atoms with Crippen molar-refractivity contribution in [3.05, 3.63) is 77.4 Å². The highest BCUT2D eigenvalue weighted by molar-refractivity contribution is 5.79. The Morgan fingerprint density at radius 2 is 1.32 bits per heavy atom. The standard InChI is InChI=1S/C29H30F4O/c1-2-3-4-5-6-7-8-9-10-20-11-13-21(14-12-20)22-15-16-23-24-17-18-26(30)27(31)28(24)34-29(32,33)25(23)19-22/h11-19H,2-10H2,1H3. The van der Waals surface area contributed by atoms with Gasteiger partial charge in [0.2, 0.25) is 5.82 Å². The first-order chi connectivity index (χ1) is 16.4. The van der Waals surface area contributed by atoms with Crippen molar-refractivity contribution in [2.75, 3.05) is 0 Å². The minimum atomic E-state index is -3.76. The Morgan fingerprint density at radius 1 is 0.706 bits per heavy atom. The second kappa shape index (κ2) is 10.6. The molecule has 0 saturated heterocycles. The Bertz CT molecular complexity index is 1120. The summed E-state index contributed by atoms with van der Waals surface area (Å²) in [5, 5.41) is 0. The Balaban J connectivity index is 1.43. The summed E-state index contributed by atoms with van der Waals surface area (Å²) in [6, 6.07) is 14.7. The van der Waals surface area contributed by atoms with Gasteiger partial charge in [0.1, 0.15) is 0 Å². The lowest BCUT2D eigenvalue weighted by atomic mass is 9.91. The minimum absolute atomic E-state index is 0.118. The van der Waals surface area contributed by atoms with Gasteiger partial charge in [0.15, 0.2) is 11.6 Å². The van der Waals surface area contributed by atoms with Crippen LogP contribution in [0.4, 0.5) is 17.6 Å². The predicted octanol–water partition coefficient (Wildman–Crippen LogP) is 9.42. The second-order valence-corrected chi connectivity index (χ2v) is 9.04. The molecule has 1 nitrogen and oxygen atoms in total. The van der Waals surface area contributed by atoms with Crippen molar-refractivity contribution in [2.45, 2.75) is 70.8 Å². The van der Waals surface area contributed by atoms with E-state index in [1.807, 2.05) is 24.3 Å². The van der Waals surface area contributed by atoms with E-state index in [4.69, 9.17) is 0 Å². The fourth-order valence-corrected chi connectivity index (χ4v) is 4.55. The number of benzene rings is 3. The lowest BCUT2D eigenvalue weighted by Crippen LogP contribution is -2.27. The summed E-state index contributed by atoms with van der Waals surface area (Å²) in [6.07, 6.45) is 7.44. The molecule has 1 aliphatic heterocycles. The van der Waals surface area contributed by atoms with E-state index in [2.05, 4.69) is 11.7 Å². The molecule has 0 amide bonds. The van der Waals surface area contributed by atoms with Crippen LogP contribution >= 0.6 is 0 Å². The molecule has 0 unspecified atom stereocenters. The van der Waals surface area contributed by atoms with E-state index in [0.717, 1.165) is 24.5 Å². The first-order valence-corrected chi connectivity index (χ1v) is 12.2. The van der Waals surface area contributed by atoms with E-state index in [1.165, 1.54) is 68.7 Å². The fourth-order valence-electron chi connectivity index (χ4n) is 4.55. The molecular formula is C29H30F4O. The highest BCUT2D eigenvalue weighted by atomic mass is 19.3. The average molecular weight is 471 g/mol. The summed E-state index contributed by atoms with van der Waals surface area (Å²) in [7, 11) is 0. The zero-order valence-electron chi connectivity index (χ0n) is 19.5. The Hall–Kier alpha value is -2.82. The summed E-state index contributed by atoms with van der Waals surface area (Å²) >= 11 is 0. The predicted molar refractivity (Wildman–Crippen MR) is 128 cm³/mol. The molecule has 3 aromatic carbocycles. The molecule has 1 aliphatic rings. The molecule has 34 heavy (non-hydrogen) atoms. The van der Waals surface area contributed by atoms with E-state index in [1.54, 1.807) is 6.07 Å². The van der Waals surface area contributed by atoms with Gasteiger partial charge in [-0.25, -0.2) is 4.39 Å². The average Bonchev–Trinajstić information content (AvgIpc) is 2.83. The summed E-state index contributed by atoms with van der Waals surface area (Å²) in [5.74, 6) is -3.38. The van der Waals surface area contributed by atoms with Gasteiger partial charge in [0.25, 0.3) is 0 Å². The van der Waals surface area contributed by atoms with Crippen LogP contribution in [-0.2, 0) is 12.5 Å². The first kappa shape index (κ1) is 24.3. The lowest BCUT2D eigenvalue weighted by Gasteiger charge is -2.28. The molecule has 180 valence electrons. The number of rotatable bonds is 10. The maximum absolute atomic E-state index is 14.7. The van der Waals surface area contributed by atoms with Crippen molar-refractivity contribution >= 4 is 0 Å². The summed E-state index contributed by atoms with van der Waals surface area (Å²) in [4.78, 5) is 0. The van der Waals surface area contributed by atoms with Crippen LogP contribution in [0, 0.1) is 11.6 Å². The SMILES string of the molecule is CCCCCCCCCCc1ccc(-c2ccc3c(c2)C(F)(F)Oc2c-3ccc(F)c2F)cc1. The highest BCUT2D eigenvalue weighted by Crippen LogP contribution is 2.49. The molecule has 0 aromatic heterocycles. The number of hydrogen-bond donors (Lipinski definition) is 0. The van der Waals surface area contributed by atoms with Gasteiger partial charge in [0, 0.05) is 5.56 Å². The monoisotopic (exact) mass is 470 g/mol. The van der Waals surface area contributed by atoms with Crippen molar-refractivity contribution in [2.24, 2.45) is 0 Å². The molecule has 0 radical (unpaired) electrons. The van der Waals surface area contributed by atoms with Crippen LogP contribution in [0.1, 0.15) is 69.4 Å². The Morgan fingerprint density at radius 3 is 2.03 bits per heavy atom. The van der Waals surface area contributed by atoms with Gasteiger partial charge < -0.3 is 4.74 Å². The molecule has 0 bridgehead atoms. The van der Waals surface area contributed by atoms with E-state index < -0.39 is 23.5 Å². The Labute approximate surface area is 198 Å². The van der Waals surface area contributed by atoms with E-state index in [0.29, 0.717) is 5.56 Å². The maximum Gasteiger partial charge on any atom is 0.427 e. The van der Waals surface area contributed by atoms with Crippen molar-refractivity contribution < 1.29 is 22.3 Å². The van der Waals surface area contributed by atoms with Crippen LogP contribution < -0.4 is 4.74 Å². The molecule has 3 aromatic rings. The first-order valence-electron chi connectivity index (χ1n) is 12.2. The molecule has 0 N–H and O–H groups in total. The Kier molecular flexibility index (Phi) is 7.60. The summed E-state index contributed by atoms with van der Waals surface area (Å²) in [5.41, 5.74) is 2.56. The number of alkyl halides is 2. The third-order valence-corrected chi connectivity index (χ3v) is 6.51. The number of fused-ring (bicyclic) bond motifs is 3. The topological polar surface area (TPSA) is 9.23 Å². The highest BCUT2D eigenvalue weighted by Gasteiger charge is 2.43. The minimum Gasteiger partial charge on any atom is -0.425 e. The van der Waals surface area contributed by atoms with Crippen molar-refractivity contribution in [1.82, 2.24) is 0 Å². The summed E-state index contributed by atoms with van der Waals surface area (Å²) in [6.45, 7) is 2.23. The second-order valence-electron chi connectivity index (χ2n) is 9.04. The van der Waals surface area contributed by atoms with Crippen molar-refractivity contribution in [3.63, 3.8) is 0 Å². The van der Waals surface area contributed by atoms with E-state index in [-0.39, 0.29) is 16.7 Å². The van der Waals surface area contributed by atoms with Gasteiger partial charge in [-0.15, -0.1) is 0 Å². The van der Waals surface area contributed by atoms with Gasteiger partial charge >= 0.3 is 6.11 Å². The zero-order chi connectivity index (χ0) is 24.1. The molecular weight excluding hydrogens is 440 g/mol. The van der Waals surface area contributed by atoms with Crippen LogP contribution in [0.5, 0.6) is 5.75 Å². The number of ether oxygens (including phenoxy) is 1. The molecule has 4 rings (SSSR count). The van der Waals surface area contributed by atoms with Gasteiger partial charge in [-0.1, -0.05) is 88.3 Å².